The third-order valence-electron chi connectivity index (χ3n) is 7.60. The molecule has 0 spiro atoms. The molecule has 4 aromatic carbocycles. The Kier molecular flexibility index (Phi) is 11.5. The van der Waals surface area contributed by atoms with E-state index in [9.17, 15) is 24.8 Å². The van der Waals surface area contributed by atoms with Gasteiger partial charge in [0.15, 0.2) is 17.7 Å². The number of methoxy groups -OCH3 is 1. The van der Waals surface area contributed by atoms with Gasteiger partial charge in [0, 0.05) is 17.3 Å². The van der Waals surface area contributed by atoms with Gasteiger partial charge in [-0.25, -0.2) is 9.59 Å². The van der Waals surface area contributed by atoms with Crippen LogP contribution < -0.4 is 30.3 Å². The average Bonchev–Trinajstić information content (AvgIpc) is 3.09. The molecule has 260 valence electrons. The molecular weight excluding hydrogens is 714 g/mol. The smallest absolute Gasteiger partial charge is 0.337 e. The second-order valence-corrected chi connectivity index (χ2v) is 11.8. The Morgan fingerprint density at radius 1 is 1.10 bits per heavy atom. The van der Waals surface area contributed by atoms with Crippen molar-refractivity contribution in [3.63, 3.8) is 0 Å². The van der Waals surface area contributed by atoms with Crippen LogP contribution in [0.15, 0.2) is 93.6 Å². The zero-order valence-electron chi connectivity index (χ0n) is 27.3. The first-order valence-corrected chi connectivity index (χ1v) is 16.2. The standard InChI is InChI=1S/C35H34BrN5O9/c1-4-48-29-16-23(32-31(34(43)47-3)20(2)38-35(44)39-32)12-13-28(29)49-19-30(42)40-37-17-21-14-26(36)33(27(15-21)41(45)46)50-18-24-10-7-9-22-8-5-6-11-25(22)24/h5-17,30,32,40,42H,4,18-19H2,1-3H3,(H2,38,39,44)/b37-17+/t30-,32+/m0/s1. The minimum Gasteiger partial charge on any atom is -0.490 e. The molecule has 1 aliphatic rings. The molecule has 0 radical (unpaired) electrons. The first-order valence-electron chi connectivity index (χ1n) is 15.4. The zero-order valence-corrected chi connectivity index (χ0v) is 28.9. The molecule has 0 unspecified atom stereocenters. The van der Waals surface area contributed by atoms with E-state index in [0.717, 1.165) is 16.3 Å². The van der Waals surface area contributed by atoms with E-state index >= 15 is 0 Å². The van der Waals surface area contributed by atoms with Gasteiger partial charge >= 0.3 is 17.7 Å². The molecule has 0 bridgehead atoms. The highest BCUT2D eigenvalue weighted by molar-refractivity contribution is 9.10. The van der Waals surface area contributed by atoms with E-state index in [0.29, 0.717) is 32.8 Å². The monoisotopic (exact) mass is 747 g/mol. The van der Waals surface area contributed by atoms with E-state index in [1.807, 2.05) is 42.5 Å². The second kappa shape index (κ2) is 16.2. The topological polar surface area (TPSA) is 183 Å². The largest absolute Gasteiger partial charge is 0.490 e. The number of nitro benzene ring substituents is 1. The number of carbonyl (C=O) groups excluding carboxylic acids is 2. The predicted octanol–water partition coefficient (Wildman–Crippen LogP) is 5.61. The summed E-state index contributed by atoms with van der Waals surface area (Å²) in [6.07, 6.45) is 0.0415. The quantitative estimate of drug-likeness (QED) is 0.0416. The van der Waals surface area contributed by atoms with Gasteiger partial charge in [0.1, 0.15) is 13.2 Å². The van der Waals surface area contributed by atoms with Gasteiger partial charge in [0.05, 0.1) is 40.9 Å². The number of fused-ring (bicyclic) bond motifs is 1. The van der Waals surface area contributed by atoms with Crippen molar-refractivity contribution < 1.29 is 38.6 Å². The minimum atomic E-state index is -1.28. The Labute approximate surface area is 295 Å². The van der Waals surface area contributed by atoms with Crippen LogP contribution in [0.4, 0.5) is 10.5 Å². The van der Waals surface area contributed by atoms with E-state index in [1.165, 1.54) is 19.4 Å². The van der Waals surface area contributed by atoms with E-state index in [1.54, 1.807) is 38.1 Å². The Morgan fingerprint density at radius 2 is 1.88 bits per heavy atom. The molecule has 15 heteroatoms. The van der Waals surface area contributed by atoms with Crippen molar-refractivity contribution in [3.8, 4) is 17.2 Å². The van der Waals surface area contributed by atoms with Crippen molar-refractivity contribution in [1.82, 2.24) is 16.1 Å². The van der Waals surface area contributed by atoms with Crippen LogP contribution in [0.1, 0.15) is 36.6 Å². The van der Waals surface area contributed by atoms with Gasteiger partial charge < -0.3 is 34.7 Å². The summed E-state index contributed by atoms with van der Waals surface area (Å²) in [6.45, 7) is 3.54. The Bertz CT molecular complexity index is 1980. The van der Waals surface area contributed by atoms with Crippen LogP contribution in [0.2, 0.25) is 0 Å². The summed E-state index contributed by atoms with van der Waals surface area (Å²) in [5.41, 5.74) is 4.67. The summed E-state index contributed by atoms with van der Waals surface area (Å²) in [5.74, 6) is 0.0823. The first-order chi connectivity index (χ1) is 24.1. The number of aliphatic hydroxyl groups excluding tert-OH is 1. The minimum absolute atomic E-state index is 0.0767. The molecule has 1 heterocycles. The summed E-state index contributed by atoms with van der Waals surface area (Å²) in [4.78, 5) is 36.1. The highest BCUT2D eigenvalue weighted by Crippen LogP contribution is 2.37. The van der Waals surface area contributed by atoms with Gasteiger partial charge in [0.2, 0.25) is 5.75 Å². The molecule has 5 rings (SSSR count). The lowest BCUT2D eigenvalue weighted by Crippen LogP contribution is -2.45. The van der Waals surface area contributed by atoms with Crippen LogP contribution in [-0.2, 0) is 16.1 Å². The van der Waals surface area contributed by atoms with Crippen molar-refractivity contribution in [2.75, 3.05) is 20.3 Å². The molecule has 14 nitrogen and oxygen atoms in total. The number of rotatable bonds is 14. The third kappa shape index (κ3) is 8.30. The highest BCUT2D eigenvalue weighted by Gasteiger charge is 2.32. The number of carbonyl (C=O) groups is 2. The van der Waals surface area contributed by atoms with Crippen molar-refractivity contribution >= 4 is 50.6 Å². The number of hydrogen-bond acceptors (Lipinski definition) is 11. The number of benzene rings is 4. The number of hydrogen-bond donors (Lipinski definition) is 4. The molecule has 2 amide bonds. The molecule has 4 N–H and O–H groups in total. The Morgan fingerprint density at radius 3 is 2.64 bits per heavy atom. The van der Waals surface area contributed by atoms with E-state index in [2.05, 4.69) is 37.1 Å². The summed E-state index contributed by atoms with van der Waals surface area (Å²) < 4.78 is 22.7. The maximum absolute atomic E-state index is 12.5. The number of allylic oxidation sites excluding steroid dienone is 1. The van der Waals surface area contributed by atoms with E-state index in [4.69, 9.17) is 18.9 Å². The summed E-state index contributed by atoms with van der Waals surface area (Å²) in [7, 11) is 1.25. The van der Waals surface area contributed by atoms with Gasteiger partial charge in [-0.3, -0.25) is 15.5 Å². The average molecular weight is 749 g/mol. The van der Waals surface area contributed by atoms with Crippen molar-refractivity contribution in [2.24, 2.45) is 5.10 Å². The van der Waals surface area contributed by atoms with E-state index in [-0.39, 0.29) is 36.8 Å². The molecule has 0 aliphatic carbocycles. The number of nitrogens with zero attached hydrogens (tertiary/aromatic N) is 2. The van der Waals surface area contributed by atoms with Crippen molar-refractivity contribution in [2.45, 2.75) is 32.7 Å². The van der Waals surface area contributed by atoms with Crippen LogP contribution in [0.25, 0.3) is 10.8 Å². The van der Waals surface area contributed by atoms with Gasteiger partial charge in [0.25, 0.3) is 0 Å². The first kappa shape index (κ1) is 35.6. The summed E-state index contributed by atoms with van der Waals surface area (Å²) in [6, 6.07) is 20.2. The lowest BCUT2D eigenvalue weighted by atomic mass is 9.95. The molecule has 0 aromatic heterocycles. The van der Waals surface area contributed by atoms with Gasteiger partial charge in [-0.05, 0) is 69.9 Å². The number of amides is 2. The van der Waals surface area contributed by atoms with Crippen LogP contribution in [0.3, 0.4) is 0 Å². The third-order valence-corrected chi connectivity index (χ3v) is 8.19. The number of hydrazone groups is 1. The summed E-state index contributed by atoms with van der Waals surface area (Å²) >= 11 is 3.39. The lowest BCUT2D eigenvalue weighted by molar-refractivity contribution is -0.386. The number of aliphatic hydroxyl groups is 1. The number of esters is 1. The van der Waals surface area contributed by atoms with Crippen LogP contribution in [0, 0.1) is 10.1 Å². The van der Waals surface area contributed by atoms with Gasteiger partial charge in [-0.1, -0.05) is 48.5 Å². The maximum atomic E-state index is 12.5. The molecular formula is C35H34BrN5O9. The molecule has 0 saturated heterocycles. The molecule has 1 aliphatic heterocycles. The molecule has 0 fully saturated rings. The second-order valence-electron chi connectivity index (χ2n) is 11.0. The number of nitrogens with one attached hydrogen (secondary N) is 3. The number of urea groups is 1. The fourth-order valence-electron chi connectivity index (χ4n) is 5.34. The Balaban J connectivity index is 1.23. The zero-order chi connectivity index (χ0) is 35.8. The van der Waals surface area contributed by atoms with E-state index < -0.39 is 29.2 Å². The lowest BCUT2D eigenvalue weighted by Gasteiger charge is -2.28. The number of halogens is 1. The van der Waals surface area contributed by atoms with Crippen molar-refractivity contribution in [1.29, 1.82) is 0 Å². The van der Waals surface area contributed by atoms with Crippen LogP contribution in [-0.4, -0.2) is 54.8 Å². The van der Waals surface area contributed by atoms with Gasteiger partial charge in [-0.15, -0.1) is 0 Å². The highest BCUT2D eigenvalue weighted by atomic mass is 79.9. The SMILES string of the molecule is CCOc1cc([C@H]2NC(=O)NC(C)=C2C(=O)OC)ccc1OC[C@H](O)N/N=C/c1cc(Br)c(OCc2cccc3ccccc23)c([N+](=O)[O-])c1. The number of ether oxygens (including phenoxy) is 4. The van der Waals surface area contributed by atoms with Gasteiger partial charge in [-0.2, -0.15) is 5.10 Å². The van der Waals surface area contributed by atoms with Crippen molar-refractivity contribution in [3.05, 3.63) is 115 Å². The predicted molar refractivity (Wildman–Crippen MR) is 188 cm³/mol. The normalized spacial score (nSPS) is 14.9. The Hall–Kier alpha value is -5.67. The van der Waals surface area contributed by atoms with Crippen LogP contribution in [0.5, 0.6) is 17.2 Å². The molecule has 50 heavy (non-hydrogen) atoms. The fraction of sp³-hybridized carbons (Fsp3) is 0.229. The maximum Gasteiger partial charge on any atom is 0.337 e. The number of nitro groups is 1. The molecule has 4 aromatic rings. The molecule has 2 atom stereocenters. The van der Waals surface area contributed by atoms with Crippen LogP contribution >= 0.6 is 15.9 Å². The fourth-order valence-corrected chi connectivity index (χ4v) is 5.92. The summed E-state index contributed by atoms with van der Waals surface area (Å²) in [5, 5.41) is 33.8. The molecule has 0 saturated carbocycles.